The van der Waals surface area contributed by atoms with E-state index in [-0.39, 0.29) is 0 Å². The topological polar surface area (TPSA) is 74.2 Å². The number of rotatable bonds is 4. The molecule has 4 rings (SSSR count). The summed E-state index contributed by atoms with van der Waals surface area (Å²) >= 11 is 0. The second-order valence-electron chi connectivity index (χ2n) is 6.70. The lowest BCUT2D eigenvalue weighted by atomic mass is 10.0. The molecule has 0 spiro atoms. The van der Waals surface area contributed by atoms with Crippen molar-refractivity contribution in [3.63, 3.8) is 0 Å². The summed E-state index contributed by atoms with van der Waals surface area (Å²) in [4.78, 5) is 17.1. The zero-order valence-corrected chi connectivity index (χ0v) is 14.5. The predicted octanol–water partition coefficient (Wildman–Crippen LogP) is 2.95. The molecule has 0 saturated heterocycles. The molecule has 3 heterocycles. The van der Waals surface area contributed by atoms with E-state index in [4.69, 9.17) is 0 Å². The summed E-state index contributed by atoms with van der Waals surface area (Å²) < 4.78 is 2.06. The molecule has 0 aliphatic carbocycles. The molecule has 0 saturated carbocycles. The Hall–Kier alpha value is -2.60. The summed E-state index contributed by atoms with van der Waals surface area (Å²) in [6, 6.07) is 7.47. The molecule has 1 aliphatic rings. The second-order valence-corrected chi connectivity index (χ2v) is 6.70. The van der Waals surface area contributed by atoms with E-state index >= 15 is 0 Å². The van der Waals surface area contributed by atoms with Crippen molar-refractivity contribution in [3.05, 3.63) is 52.5 Å². The highest BCUT2D eigenvalue weighted by atomic mass is 16.4. The van der Waals surface area contributed by atoms with Crippen LogP contribution in [0, 0.1) is 6.92 Å². The first-order chi connectivity index (χ1) is 12.0. The summed E-state index contributed by atoms with van der Waals surface area (Å²) in [5, 5.41) is 14.8. The molecule has 0 fully saturated rings. The zero-order chi connectivity index (χ0) is 17.6. The number of hydrogen-bond donors (Lipinski definition) is 2. The number of aromatic carboxylic acids is 1. The van der Waals surface area contributed by atoms with Crippen molar-refractivity contribution in [3.8, 4) is 0 Å². The van der Waals surface area contributed by atoms with Crippen LogP contribution >= 0.6 is 0 Å². The Balaban J connectivity index is 1.64. The van der Waals surface area contributed by atoms with Gasteiger partial charge in [0.25, 0.3) is 0 Å². The van der Waals surface area contributed by atoms with Gasteiger partial charge in [-0.3, -0.25) is 9.58 Å². The van der Waals surface area contributed by atoms with E-state index < -0.39 is 5.97 Å². The van der Waals surface area contributed by atoms with Crippen LogP contribution in [0.15, 0.2) is 24.3 Å². The number of aromatic amines is 1. The van der Waals surface area contributed by atoms with Crippen LogP contribution in [-0.4, -0.2) is 37.3 Å². The van der Waals surface area contributed by atoms with E-state index in [1.165, 1.54) is 17.0 Å². The number of carbonyl (C=O) groups is 1. The molecular weight excluding hydrogens is 316 g/mol. The molecule has 1 aliphatic heterocycles. The van der Waals surface area contributed by atoms with Gasteiger partial charge in [-0.25, -0.2) is 4.79 Å². The third-order valence-corrected chi connectivity index (χ3v) is 4.97. The van der Waals surface area contributed by atoms with Gasteiger partial charge in [0, 0.05) is 49.2 Å². The average Bonchev–Trinajstić information content (AvgIpc) is 3.13. The van der Waals surface area contributed by atoms with E-state index in [9.17, 15) is 9.90 Å². The Morgan fingerprint density at radius 2 is 2.20 bits per heavy atom. The second kappa shape index (κ2) is 6.04. The SMILES string of the molecule is CCn1nc(C)cc1CN1CCc2[nH]c3ccc(C(=O)O)cc3c2C1. The van der Waals surface area contributed by atoms with Crippen LogP contribution in [0.5, 0.6) is 0 Å². The molecule has 130 valence electrons. The lowest BCUT2D eigenvalue weighted by molar-refractivity contribution is 0.0697. The number of aromatic nitrogens is 3. The summed E-state index contributed by atoms with van der Waals surface area (Å²) in [5.41, 5.74) is 6.09. The lowest BCUT2D eigenvalue weighted by Crippen LogP contribution is -2.30. The fourth-order valence-electron chi connectivity index (χ4n) is 3.77. The smallest absolute Gasteiger partial charge is 0.335 e. The summed E-state index contributed by atoms with van der Waals surface area (Å²) in [5.74, 6) is -0.883. The Kier molecular flexibility index (Phi) is 3.84. The summed E-state index contributed by atoms with van der Waals surface area (Å²) in [6.45, 7) is 7.68. The Labute approximate surface area is 146 Å². The number of nitrogens with one attached hydrogen (secondary N) is 1. The van der Waals surface area contributed by atoms with Gasteiger partial charge in [0.2, 0.25) is 0 Å². The van der Waals surface area contributed by atoms with E-state index in [1.54, 1.807) is 12.1 Å². The van der Waals surface area contributed by atoms with E-state index in [0.717, 1.165) is 49.2 Å². The highest BCUT2D eigenvalue weighted by Gasteiger charge is 2.22. The quantitative estimate of drug-likeness (QED) is 0.767. The van der Waals surface area contributed by atoms with E-state index in [0.29, 0.717) is 5.56 Å². The van der Waals surface area contributed by atoms with Crippen LogP contribution in [0.25, 0.3) is 10.9 Å². The largest absolute Gasteiger partial charge is 0.478 e. The van der Waals surface area contributed by atoms with Crippen molar-refractivity contribution >= 4 is 16.9 Å². The van der Waals surface area contributed by atoms with Crippen LogP contribution in [0.1, 0.15) is 39.9 Å². The fourth-order valence-corrected chi connectivity index (χ4v) is 3.77. The third-order valence-electron chi connectivity index (χ3n) is 4.97. The van der Waals surface area contributed by atoms with Crippen molar-refractivity contribution < 1.29 is 9.90 Å². The van der Waals surface area contributed by atoms with Crippen LogP contribution in [0.2, 0.25) is 0 Å². The van der Waals surface area contributed by atoms with Gasteiger partial charge < -0.3 is 10.1 Å². The fraction of sp³-hybridized carbons (Fsp3) is 0.368. The van der Waals surface area contributed by atoms with Gasteiger partial charge in [-0.1, -0.05) is 0 Å². The monoisotopic (exact) mass is 338 g/mol. The number of carboxylic acid groups (broad SMARTS) is 1. The van der Waals surface area contributed by atoms with Crippen molar-refractivity contribution in [1.29, 1.82) is 0 Å². The van der Waals surface area contributed by atoms with Crippen LogP contribution < -0.4 is 0 Å². The first-order valence-corrected chi connectivity index (χ1v) is 8.67. The molecule has 1 aromatic carbocycles. The molecule has 0 bridgehead atoms. The average molecular weight is 338 g/mol. The van der Waals surface area contributed by atoms with Gasteiger partial charge in [-0.15, -0.1) is 0 Å². The summed E-state index contributed by atoms with van der Waals surface area (Å²) in [7, 11) is 0. The first-order valence-electron chi connectivity index (χ1n) is 8.67. The van der Waals surface area contributed by atoms with Gasteiger partial charge in [0.1, 0.15) is 0 Å². The number of carboxylic acids is 1. The van der Waals surface area contributed by atoms with Crippen LogP contribution in [-0.2, 0) is 26.1 Å². The molecule has 6 nitrogen and oxygen atoms in total. The maximum atomic E-state index is 11.3. The Morgan fingerprint density at radius 1 is 1.36 bits per heavy atom. The minimum atomic E-state index is -0.883. The third kappa shape index (κ3) is 2.82. The number of fused-ring (bicyclic) bond motifs is 3. The van der Waals surface area contributed by atoms with Gasteiger partial charge in [0.05, 0.1) is 17.0 Å². The van der Waals surface area contributed by atoms with Crippen LogP contribution in [0.4, 0.5) is 0 Å². The number of nitrogens with zero attached hydrogens (tertiary/aromatic N) is 3. The van der Waals surface area contributed by atoms with Gasteiger partial charge in [0.15, 0.2) is 0 Å². The van der Waals surface area contributed by atoms with E-state index in [2.05, 4.69) is 32.7 Å². The summed E-state index contributed by atoms with van der Waals surface area (Å²) in [6.07, 6.45) is 0.950. The molecule has 0 radical (unpaired) electrons. The molecule has 25 heavy (non-hydrogen) atoms. The number of benzene rings is 1. The van der Waals surface area contributed by atoms with Gasteiger partial charge in [-0.05, 0) is 43.7 Å². The molecule has 0 atom stereocenters. The van der Waals surface area contributed by atoms with E-state index in [1.807, 2.05) is 13.0 Å². The van der Waals surface area contributed by atoms with Crippen LogP contribution in [0.3, 0.4) is 0 Å². The molecular formula is C19H22N4O2. The molecule has 6 heteroatoms. The van der Waals surface area contributed by atoms with Crippen molar-refractivity contribution in [2.24, 2.45) is 0 Å². The number of H-pyrrole nitrogens is 1. The van der Waals surface area contributed by atoms with Gasteiger partial charge >= 0.3 is 5.97 Å². The minimum Gasteiger partial charge on any atom is -0.478 e. The van der Waals surface area contributed by atoms with Crippen molar-refractivity contribution in [1.82, 2.24) is 19.7 Å². The standard InChI is InChI=1S/C19H22N4O2/c1-3-23-14(8-12(2)21-23)10-22-7-6-18-16(11-22)15-9-13(19(24)25)4-5-17(15)20-18/h4-5,8-9,20H,3,6-7,10-11H2,1-2H3,(H,24,25). The highest BCUT2D eigenvalue weighted by molar-refractivity contribution is 5.95. The highest BCUT2D eigenvalue weighted by Crippen LogP contribution is 2.29. The molecule has 2 N–H and O–H groups in total. The lowest BCUT2D eigenvalue weighted by Gasteiger charge is -2.27. The molecule has 0 amide bonds. The maximum Gasteiger partial charge on any atom is 0.335 e. The number of aryl methyl sites for hydroxylation is 2. The Morgan fingerprint density at radius 3 is 2.96 bits per heavy atom. The van der Waals surface area contributed by atoms with Gasteiger partial charge in [-0.2, -0.15) is 5.10 Å². The van der Waals surface area contributed by atoms with Crippen molar-refractivity contribution in [2.75, 3.05) is 6.54 Å². The Bertz CT molecular complexity index is 954. The van der Waals surface area contributed by atoms with Crippen molar-refractivity contribution in [2.45, 2.75) is 39.9 Å². The minimum absolute atomic E-state index is 0.339. The molecule has 0 unspecified atom stereocenters. The molecule has 2 aromatic heterocycles. The molecule has 3 aromatic rings. The maximum absolute atomic E-state index is 11.3. The number of hydrogen-bond acceptors (Lipinski definition) is 3. The zero-order valence-electron chi connectivity index (χ0n) is 14.5. The first kappa shape index (κ1) is 15.9. The normalized spacial score (nSPS) is 14.8. The predicted molar refractivity (Wildman–Crippen MR) is 95.7 cm³/mol.